The number of hydrogen-bond acceptors (Lipinski definition) is 2. The van der Waals surface area contributed by atoms with E-state index >= 15 is 0 Å². The summed E-state index contributed by atoms with van der Waals surface area (Å²) in [4.78, 5) is 0. The number of hydrogen-bond donors (Lipinski definition) is 1. The molecule has 0 heterocycles. The molecule has 116 valence electrons. The molecule has 0 aromatic heterocycles. The van der Waals surface area contributed by atoms with Gasteiger partial charge in [-0.25, -0.2) is 0 Å². The van der Waals surface area contributed by atoms with Crippen LogP contribution >= 0.6 is 0 Å². The molecule has 1 aliphatic carbocycles. The number of benzene rings is 2. The first-order chi connectivity index (χ1) is 10.7. The maximum atomic E-state index is 11.3. The van der Waals surface area contributed by atoms with Gasteiger partial charge in [0.2, 0.25) is 0 Å². The fourth-order valence-electron chi connectivity index (χ4n) is 3.44. The molecule has 0 saturated heterocycles. The zero-order chi connectivity index (χ0) is 15.6. The predicted octanol–water partition coefficient (Wildman–Crippen LogP) is 4.95. The molecule has 0 radical (unpaired) electrons. The van der Waals surface area contributed by atoms with Crippen LogP contribution in [0.25, 0.3) is 10.8 Å². The SMILES string of the molecule is CCC(O)(C1=CCCCC1)c1ccc2cc(OC)ccc2c1. The van der Waals surface area contributed by atoms with E-state index < -0.39 is 5.60 Å². The van der Waals surface area contributed by atoms with Gasteiger partial charge in [-0.2, -0.15) is 0 Å². The van der Waals surface area contributed by atoms with Gasteiger partial charge in [0.05, 0.1) is 7.11 Å². The van der Waals surface area contributed by atoms with Crippen LogP contribution in [0, 0.1) is 0 Å². The van der Waals surface area contributed by atoms with Gasteiger partial charge >= 0.3 is 0 Å². The number of ether oxygens (including phenoxy) is 1. The highest BCUT2D eigenvalue weighted by atomic mass is 16.5. The molecule has 1 unspecified atom stereocenters. The topological polar surface area (TPSA) is 29.5 Å². The summed E-state index contributed by atoms with van der Waals surface area (Å²) in [7, 11) is 1.68. The van der Waals surface area contributed by atoms with E-state index in [1.165, 1.54) is 18.4 Å². The van der Waals surface area contributed by atoms with Gasteiger partial charge in [0.25, 0.3) is 0 Å². The Kier molecular flexibility index (Phi) is 4.21. The van der Waals surface area contributed by atoms with Gasteiger partial charge in [-0.15, -0.1) is 0 Å². The first-order valence-electron chi connectivity index (χ1n) is 8.17. The van der Waals surface area contributed by atoms with Crippen molar-refractivity contribution in [1.82, 2.24) is 0 Å². The third kappa shape index (κ3) is 2.64. The van der Waals surface area contributed by atoms with Crippen molar-refractivity contribution in [1.29, 1.82) is 0 Å². The predicted molar refractivity (Wildman–Crippen MR) is 91.2 cm³/mol. The van der Waals surface area contributed by atoms with E-state index in [9.17, 15) is 5.11 Å². The first-order valence-corrected chi connectivity index (χ1v) is 8.17. The van der Waals surface area contributed by atoms with Crippen LogP contribution in [0.5, 0.6) is 5.75 Å². The Labute approximate surface area is 132 Å². The standard InChI is InChI=1S/C20H24O2/c1-3-20(21,17-7-5-4-6-8-17)18-11-9-16-14-19(22-2)12-10-15(16)13-18/h7,9-14,21H,3-6,8H2,1-2H3. The normalized spacial score (nSPS) is 17.9. The molecule has 2 aromatic carbocycles. The van der Waals surface area contributed by atoms with Crippen molar-refractivity contribution >= 4 is 10.8 Å². The summed E-state index contributed by atoms with van der Waals surface area (Å²) in [5.74, 6) is 0.862. The second-order valence-corrected chi connectivity index (χ2v) is 6.12. The van der Waals surface area contributed by atoms with Gasteiger partial charge in [-0.1, -0.05) is 31.2 Å². The fourth-order valence-corrected chi connectivity index (χ4v) is 3.44. The number of aliphatic hydroxyl groups is 1. The van der Waals surface area contributed by atoms with Crippen LogP contribution in [0.15, 0.2) is 48.0 Å². The molecule has 0 spiro atoms. The van der Waals surface area contributed by atoms with E-state index in [-0.39, 0.29) is 0 Å². The van der Waals surface area contributed by atoms with Crippen LogP contribution in [0.1, 0.15) is 44.6 Å². The number of allylic oxidation sites excluding steroid dienone is 1. The maximum absolute atomic E-state index is 11.3. The molecule has 1 atom stereocenters. The highest BCUT2D eigenvalue weighted by Crippen LogP contribution is 2.39. The molecule has 0 saturated carbocycles. The second-order valence-electron chi connectivity index (χ2n) is 6.12. The molecule has 1 aliphatic rings. The Balaban J connectivity index is 2.05. The van der Waals surface area contributed by atoms with Crippen LogP contribution in [0.3, 0.4) is 0 Å². The molecule has 0 bridgehead atoms. The smallest absolute Gasteiger partial charge is 0.119 e. The summed E-state index contributed by atoms with van der Waals surface area (Å²) in [5.41, 5.74) is 1.36. The molecule has 1 N–H and O–H groups in total. The van der Waals surface area contributed by atoms with Crippen LogP contribution in [0.2, 0.25) is 0 Å². The van der Waals surface area contributed by atoms with Gasteiger partial charge in [0, 0.05) is 0 Å². The van der Waals surface area contributed by atoms with Crippen molar-refractivity contribution in [3.05, 3.63) is 53.6 Å². The Morgan fingerprint density at radius 1 is 1.09 bits per heavy atom. The average Bonchev–Trinajstić information content (AvgIpc) is 2.60. The van der Waals surface area contributed by atoms with Crippen molar-refractivity contribution in [2.24, 2.45) is 0 Å². The third-order valence-electron chi connectivity index (χ3n) is 4.86. The minimum absolute atomic E-state index is 0.709. The molecule has 0 amide bonds. The maximum Gasteiger partial charge on any atom is 0.119 e. The molecule has 22 heavy (non-hydrogen) atoms. The van der Waals surface area contributed by atoms with Gasteiger partial charge in [-0.05, 0) is 72.2 Å². The zero-order valence-electron chi connectivity index (χ0n) is 13.4. The fraction of sp³-hybridized carbons (Fsp3) is 0.400. The van der Waals surface area contributed by atoms with Crippen molar-refractivity contribution in [2.75, 3.05) is 7.11 Å². The quantitative estimate of drug-likeness (QED) is 0.809. The number of methoxy groups -OCH3 is 1. The lowest BCUT2D eigenvalue weighted by molar-refractivity contribution is 0.0665. The third-order valence-corrected chi connectivity index (χ3v) is 4.86. The van der Waals surface area contributed by atoms with E-state index in [0.29, 0.717) is 6.42 Å². The highest BCUT2D eigenvalue weighted by molar-refractivity contribution is 5.84. The summed E-state index contributed by atoms with van der Waals surface area (Å²) in [6.45, 7) is 2.06. The van der Waals surface area contributed by atoms with Crippen molar-refractivity contribution in [3.63, 3.8) is 0 Å². The van der Waals surface area contributed by atoms with Crippen LogP contribution in [0.4, 0.5) is 0 Å². The minimum atomic E-state index is -0.825. The summed E-state index contributed by atoms with van der Waals surface area (Å²) >= 11 is 0. The molecule has 0 fully saturated rings. The van der Waals surface area contributed by atoms with Crippen molar-refractivity contribution in [2.45, 2.75) is 44.6 Å². The summed E-state index contributed by atoms with van der Waals surface area (Å²) in [6.07, 6.45) is 7.46. The van der Waals surface area contributed by atoms with E-state index in [4.69, 9.17) is 4.74 Å². The average molecular weight is 296 g/mol. The van der Waals surface area contributed by atoms with E-state index in [0.717, 1.165) is 34.9 Å². The van der Waals surface area contributed by atoms with Gasteiger partial charge < -0.3 is 9.84 Å². The lowest BCUT2D eigenvalue weighted by atomic mass is 9.78. The molecule has 2 aromatic rings. The van der Waals surface area contributed by atoms with Gasteiger partial charge in [0.1, 0.15) is 11.4 Å². The highest BCUT2D eigenvalue weighted by Gasteiger charge is 2.32. The van der Waals surface area contributed by atoms with Crippen molar-refractivity contribution < 1.29 is 9.84 Å². The van der Waals surface area contributed by atoms with E-state index in [1.54, 1.807) is 7.11 Å². The van der Waals surface area contributed by atoms with Crippen LogP contribution < -0.4 is 4.74 Å². The molecular weight excluding hydrogens is 272 g/mol. The molecule has 3 rings (SSSR count). The molecule has 2 heteroatoms. The van der Waals surface area contributed by atoms with Crippen LogP contribution in [-0.2, 0) is 5.60 Å². The summed E-state index contributed by atoms with van der Waals surface area (Å²) < 4.78 is 5.28. The molecule has 0 aliphatic heterocycles. The largest absolute Gasteiger partial charge is 0.497 e. The molecule has 2 nitrogen and oxygen atoms in total. The van der Waals surface area contributed by atoms with E-state index in [2.05, 4.69) is 37.3 Å². The second kappa shape index (κ2) is 6.13. The monoisotopic (exact) mass is 296 g/mol. The van der Waals surface area contributed by atoms with Crippen LogP contribution in [-0.4, -0.2) is 12.2 Å². The Morgan fingerprint density at radius 3 is 2.55 bits per heavy atom. The van der Waals surface area contributed by atoms with Gasteiger partial charge in [0.15, 0.2) is 0 Å². The Morgan fingerprint density at radius 2 is 1.86 bits per heavy atom. The summed E-state index contributed by atoms with van der Waals surface area (Å²) in [5, 5.41) is 13.6. The number of rotatable bonds is 4. The first kappa shape index (κ1) is 15.1. The molecular formula is C20H24O2. The summed E-state index contributed by atoms with van der Waals surface area (Å²) in [6, 6.07) is 12.3. The Hall–Kier alpha value is -1.80. The number of fused-ring (bicyclic) bond motifs is 1. The minimum Gasteiger partial charge on any atom is -0.497 e. The lowest BCUT2D eigenvalue weighted by Crippen LogP contribution is -2.28. The zero-order valence-corrected chi connectivity index (χ0v) is 13.4. The van der Waals surface area contributed by atoms with E-state index in [1.807, 2.05) is 12.1 Å². The van der Waals surface area contributed by atoms with Gasteiger partial charge in [-0.3, -0.25) is 0 Å². The van der Waals surface area contributed by atoms with Crippen molar-refractivity contribution in [3.8, 4) is 5.75 Å². The Bertz CT molecular complexity index is 702. The lowest BCUT2D eigenvalue weighted by Gasteiger charge is -2.32.